The molecule has 6 heteroatoms. The number of aliphatic hydroxyl groups is 1. The summed E-state index contributed by atoms with van der Waals surface area (Å²) >= 11 is 0. The van der Waals surface area contributed by atoms with E-state index in [0.29, 0.717) is 5.69 Å². The van der Waals surface area contributed by atoms with Crippen LogP contribution in [0.1, 0.15) is 25.6 Å². The minimum atomic E-state index is -1.11. The summed E-state index contributed by atoms with van der Waals surface area (Å²) in [6.07, 6.45) is 0.540. The Morgan fingerprint density at radius 2 is 2.19 bits per heavy atom. The summed E-state index contributed by atoms with van der Waals surface area (Å²) in [6.45, 7) is 3.17. The third-order valence-electron chi connectivity index (χ3n) is 2.38. The van der Waals surface area contributed by atoms with E-state index in [-0.39, 0.29) is 0 Å². The fourth-order valence-electron chi connectivity index (χ4n) is 1.20. The molecule has 6 nitrogen and oxygen atoms in total. The third-order valence-corrected chi connectivity index (χ3v) is 2.38. The lowest BCUT2D eigenvalue weighted by atomic mass is 10.2. The molecule has 0 saturated heterocycles. The number of carboxylic acids is 1. The molecule has 0 aliphatic rings. The Morgan fingerprint density at radius 3 is 2.56 bits per heavy atom. The second kappa shape index (κ2) is 5.09. The van der Waals surface area contributed by atoms with Gasteiger partial charge in [0.1, 0.15) is 0 Å². The number of imidazole rings is 1. The van der Waals surface area contributed by atoms with Crippen LogP contribution in [0.2, 0.25) is 0 Å². The first kappa shape index (κ1) is 12.7. The second-order valence-corrected chi connectivity index (χ2v) is 3.73. The molecular formula is C10H16N2O4. The Labute approximate surface area is 93.5 Å². The van der Waals surface area contributed by atoms with Gasteiger partial charge in [0.25, 0.3) is 0 Å². The summed E-state index contributed by atoms with van der Waals surface area (Å²) in [4.78, 5) is 14.9. The zero-order chi connectivity index (χ0) is 12.3. The van der Waals surface area contributed by atoms with Crippen molar-refractivity contribution in [2.75, 3.05) is 0 Å². The summed E-state index contributed by atoms with van der Waals surface area (Å²) in [5.41, 5.74) is 0.444. The van der Waals surface area contributed by atoms with E-state index in [1.807, 2.05) is 0 Å². The van der Waals surface area contributed by atoms with Gasteiger partial charge in [0.15, 0.2) is 6.10 Å². The molecule has 0 amide bonds. The lowest BCUT2D eigenvalue weighted by Gasteiger charge is -2.21. The summed E-state index contributed by atoms with van der Waals surface area (Å²) < 4.78 is 6.87. The zero-order valence-corrected chi connectivity index (χ0v) is 9.49. The van der Waals surface area contributed by atoms with Crippen molar-refractivity contribution in [2.24, 2.45) is 7.05 Å². The Kier molecular flexibility index (Phi) is 4.03. The van der Waals surface area contributed by atoms with E-state index in [0.717, 1.165) is 0 Å². The minimum absolute atomic E-state index is 0.444. The molecule has 16 heavy (non-hydrogen) atoms. The molecule has 0 spiro atoms. The molecule has 0 aromatic carbocycles. The number of carboxylic acid groups (broad SMARTS) is 1. The number of aromatic nitrogens is 2. The van der Waals surface area contributed by atoms with Crippen LogP contribution in [-0.2, 0) is 16.6 Å². The molecule has 0 saturated carbocycles. The Morgan fingerprint density at radius 1 is 1.56 bits per heavy atom. The molecule has 1 aromatic rings. The normalized spacial score (nSPS) is 16.8. The van der Waals surface area contributed by atoms with Crippen molar-refractivity contribution >= 4 is 5.97 Å². The van der Waals surface area contributed by atoms with Crippen LogP contribution < -0.4 is 0 Å². The van der Waals surface area contributed by atoms with Gasteiger partial charge in [-0.05, 0) is 13.8 Å². The first-order chi connectivity index (χ1) is 7.43. The van der Waals surface area contributed by atoms with E-state index < -0.39 is 24.3 Å². The lowest BCUT2D eigenvalue weighted by Crippen LogP contribution is -2.29. The van der Waals surface area contributed by atoms with Crippen LogP contribution in [0.25, 0.3) is 0 Å². The van der Waals surface area contributed by atoms with Crippen molar-refractivity contribution in [3.8, 4) is 0 Å². The van der Waals surface area contributed by atoms with Gasteiger partial charge in [0, 0.05) is 7.05 Å². The maximum Gasteiger partial charge on any atom is 0.339 e. The van der Waals surface area contributed by atoms with Gasteiger partial charge in [-0.1, -0.05) is 0 Å². The van der Waals surface area contributed by atoms with Crippen LogP contribution in [0.15, 0.2) is 12.5 Å². The fraction of sp³-hybridized carbons (Fsp3) is 0.600. The first-order valence-electron chi connectivity index (χ1n) is 4.96. The predicted molar refractivity (Wildman–Crippen MR) is 55.8 cm³/mol. The highest BCUT2D eigenvalue weighted by atomic mass is 16.5. The number of hydrogen-bond acceptors (Lipinski definition) is 4. The summed E-state index contributed by atoms with van der Waals surface area (Å²) in [5, 5.41) is 18.3. The van der Waals surface area contributed by atoms with Crippen molar-refractivity contribution < 1.29 is 19.7 Å². The number of ether oxygens (including phenoxy) is 1. The number of aliphatic hydroxyl groups excluding tert-OH is 1. The molecule has 0 aliphatic heterocycles. The van der Waals surface area contributed by atoms with Crippen molar-refractivity contribution in [1.82, 2.24) is 9.55 Å². The average Bonchev–Trinajstić information content (AvgIpc) is 2.59. The Hall–Kier alpha value is -1.40. The predicted octanol–water partition coefficient (Wildman–Crippen LogP) is 0.332. The number of nitrogens with zero attached hydrogens (tertiary/aromatic N) is 2. The maximum atomic E-state index is 11.1. The number of carbonyl (C=O) groups is 1. The molecule has 0 fully saturated rings. The highest BCUT2D eigenvalue weighted by Gasteiger charge is 2.27. The third kappa shape index (κ3) is 2.80. The zero-order valence-electron chi connectivity index (χ0n) is 9.49. The monoisotopic (exact) mass is 228 g/mol. The maximum absolute atomic E-state index is 11.1. The van der Waals surface area contributed by atoms with Gasteiger partial charge in [-0.3, -0.25) is 0 Å². The molecule has 3 atom stereocenters. The molecule has 0 aliphatic carbocycles. The topological polar surface area (TPSA) is 84.6 Å². The van der Waals surface area contributed by atoms with Crippen LogP contribution in [0.4, 0.5) is 0 Å². The van der Waals surface area contributed by atoms with E-state index in [2.05, 4.69) is 4.98 Å². The van der Waals surface area contributed by atoms with E-state index in [4.69, 9.17) is 9.84 Å². The molecule has 3 unspecified atom stereocenters. The molecular weight excluding hydrogens is 212 g/mol. The molecule has 1 rings (SSSR count). The Bertz CT molecular complexity index is 361. The molecule has 0 bridgehead atoms. The van der Waals surface area contributed by atoms with Gasteiger partial charge in [0.2, 0.25) is 0 Å². The Balaban J connectivity index is 2.85. The van der Waals surface area contributed by atoms with Crippen molar-refractivity contribution in [1.29, 1.82) is 0 Å². The second-order valence-electron chi connectivity index (χ2n) is 3.73. The van der Waals surface area contributed by atoms with Crippen molar-refractivity contribution in [2.45, 2.75) is 32.2 Å². The molecule has 2 N–H and O–H groups in total. The first-order valence-corrected chi connectivity index (χ1v) is 4.96. The van der Waals surface area contributed by atoms with Gasteiger partial charge in [0.05, 0.1) is 30.4 Å². The molecule has 1 aromatic heterocycles. The smallest absolute Gasteiger partial charge is 0.339 e. The molecule has 90 valence electrons. The average molecular weight is 228 g/mol. The van der Waals surface area contributed by atoms with Crippen LogP contribution in [-0.4, -0.2) is 37.9 Å². The van der Waals surface area contributed by atoms with E-state index in [1.54, 1.807) is 25.5 Å². The van der Waals surface area contributed by atoms with Gasteiger partial charge in [-0.25, -0.2) is 9.78 Å². The standard InChI is InChI=1S/C10H16N2O4/c1-6(13)7(2)16-9(10(14)15)8-4-11-5-12(8)3/h4-7,9,13H,1-3H3,(H,14,15). The molecule has 0 radical (unpaired) electrons. The van der Waals surface area contributed by atoms with Crippen LogP contribution >= 0.6 is 0 Å². The minimum Gasteiger partial charge on any atom is -0.479 e. The van der Waals surface area contributed by atoms with Gasteiger partial charge < -0.3 is 19.5 Å². The SMILES string of the molecule is CC(O)C(C)OC(C(=O)O)c1cncn1C. The summed E-state index contributed by atoms with van der Waals surface area (Å²) in [5.74, 6) is -1.10. The lowest BCUT2D eigenvalue weighted by molar-refractivity contribution is -0.158. The number of hydrogen-bond donors (Lipinski definition) is 2. The number of aliphatic carboxylic acids is 1. The summed E-state index contributed by atoms with van der Waals surface area (Å²) in [6, 6.07) is 0. The van der Waals surface area contributed by atoms with Crippen LogP contribution in [0, 0.1) is 0 Å². The van der Waals surface area contributed by atoms with Crippen LogP contribution in [0.3, 0.4) is 0 Å². The highest BCUT2D eigenvalue weighted by Crippen LogP contribution is 2.19. The van der Waals surface area contributed by atoms with E-state index in [9.17, 15) is 9.90 Å². The van der Waals surface area contributed by atoms with E-state index in [1.165, 1.54) is 12.5 Å². The number of aryl methyl sites for hydroxylation is 1. The quantitative estimate of drug-likeness (QED) is 0.758. The van der Waals surface area contributed by atoms with Crippen LogP contribution in [0.5, 0.6) is 0 Å². The van der Waals surface area contributed by atoms with Gasteiger partial charge in [-0.15, -0.1) is 0 Å². The van der Waals surface area contributed by atoms with Crippen molar-refractivity contribution in [3.05, 3.63) is 18.2 Å². The van der Waals surface area contributed by atoms with E-state index >= 15 is 0 Å². The van der Waals surface area contributed by atoms with Gasteiger partial charge in [-0.2, -0.15) is 0 Å². The fourth-order valence-corrected chi connectivity index (χ4v) is 1.20. The molecule has 1 heterocycles. The van der Waals surface area contributed by atoms with Gasteiger partial charge >= 0.3 is 5.97 Å². The summed E-state index contributed by atoms with van der Waals surface area (Å²) in [7, 11) is 1.69. The number of rotatable bonds is 5. The largest absolute Gasteiger partial charge is 0.479 e. The van der Waals surface area contributed by atoms with Crippen molar-refractivity contribution in [3.63, 3.8) is 0 Å². The highest BCUT2D eigenvalue weighted by molar-refractivity contribution is 5.73.